The van der Waals surface area contributed by atoms with E-state index in [2.05, 4.69) is 15.1 Å². The molecule has 9 nitrogen and oxygen atoms in total. The Labute approximate surface area is 182 Å². The molecule has 1 saturated heterocycles. The van der Waals surface area contributed by atoms with E-state index in [1.807, 2.05) is 0 Å². The highest BCUT2D eigenvalue weighted by atomic mass is 32.2. The lowest BCUT2D eigenvalue weighted by atomic mass is 10.3. The molecule has 0 unspecified atom stereocenters. The van der Waals surface area contributed by atoms with Crippen molar-refractivity contribution >= 4 is 34.8 Å². The second-order valence-corrected chi connectivity index (χ2v) is 7.77. The maximum absolute atomic E-state index is 13.2. The summed E-state index contributed by atoms with van der Waals surface area (Å²) >= 11 is 1.32. The number of hydrogen-bond acceptors (Lipinski definition) is 7. The van der Waals surface area contributed by atoms with Gasteiger partial charge in [-0.25, -0.2) is 23.8 Å². The maximum Gasteiger partial charge on any atom is 0.409 e. The van der Waals surface area contributed by atoms with Crippen LogP contribution >= 0.6 is 11.8 Å². The number of aromatic nitrogens is 4. The number of fused-ring (bicyclic) bond motifs is 1. The second kappa shape index (κ2) is 9.29. The number of amides is 2. The molecule has 31 heavy (non-hydrogen) atoms. The van der Waals surface area contributed by atoms with Crippen molar-refractivity contribution in [1.29, 1.82) is 0 Å². The molecule has 4 rings (SSSR count). The van der Waals surface area contributed by atoms with Crippen LogP contribution in [0.1, 0.15) is 6.92 Å². The van der Waals surface area contributed by atoms with E-state index in [0.29, 0.717) is 49.1 Å². The Morgan fingerprint density at radius 2 is 1.81 bits per heavy atom. The minimum atomic E-state index is -0.342. The molecular formula is C20H21FN6O3S. The number of hydrogen-bond donors (Lipinski definition) is 0. The summed E-state index contributed by atoms with van der Waals surface area (Å²) in [6, 6.07) is 5.96. The number of rotatable bonds is 5. The monoisotopic (exact) mass is 444 g/mol. The number of carbonyl (C=O) groups excluding carboxylic acids is 2. The second-order valence-electron chi connectivity index (χ2n) is 6.80. The van der Waals surface area contributed by atoms with Gasteiger partial charge in [-0.3, -0.25) is 4.79 Å². The van der Waals surface area contributed by atoms with Gasteiger partial charge >= 0.3 is 6.09 Å². The number of halogens is 1. The SMILES string of the molecule is CCOC(=O)N1CCN(C(=O)CSc2ncnc3c2cnn3-c2ccc(F)cc2)CC1. The summed E-state index contributed by atoms with van der Waals surface area (Å²) in [5, 5.41) is 5.72. The molecule has 0 N–H and O–H groups in total. The van der Waals surface area contributed by atoms with E-state index in [4.69, 9.17) is 4.74 Å². The van der Waals surface area contributed by atoms with Crippen LogP contribution < -0.4 is 0 Å². The minimum Gasteiger partial charge on any atom is -0.450 e. The van der Waals surface area contributed by atoms with Crippen molar-refractivity contribution in [3.8, 4) is 5.69 Å². The van der Waals surface area contributed by atoms with Crippen LogP contribution in [0.3, 0.4) is 0 Å². The first-order valence-corrected chi connectivity index (χ1v) is 10.8. The van der Waals surface area contributed by atoms with Gasteiger partial charge in [0, 0.05) is 26.2 Å². The Kier molecular flexibility index (Phi) is 6.31. The van der Waals surface area contributed by atoms with E-state index in [1.54, 1.807) is 39.7 Å². The minimum absolute atomic E-state index is 0.0220. The molecule has 0 saturated carbocycles. The van der Waals surface area contributed by atoms with Crippen LogP contribution in [-0.2, 0) is 9.53 Å². The molecule has 2 amide bonds. The summed E-state index contributed by atoms with van der Waals surface area (Å²) in [6.07, 6.45) is 2.73. The Bertz CT molecular complexity index is 1080. The molecule has 0 atom stereocenters. The molecule has 0 radical (unpaired) electrons. The Balaban J connectivity index is 1.40. The summed E-state index contributed by atoms with van der Waals surface area (Å²) in [6.45, 7) is 3.96. The molecule has 0 aliphatic carbocycles. The molecule has 11 heteroatoms. The van der Waals surface area contributed by atoms with E-state index in [0.717, 1.165) is 5.39 Å². The lowest BCUT2D eigenvalue weighted by Gasteiger charge is -2.34. The van der Waals surface area contributed by atoms with Gasteiger partial charge in [-0.2, -0.15) is 5.10 Å². The number of nitrogens with zero attached hydrogens (tertiary/aromatic N) is 6. The van der Waals surface area contributed by atoms with Crippen molar-refractivity contribution in [2.45, 2.75) is 11.9 Å². The van der Waals surface area contributed by atoms with E-state index < -0.39 is 0 Å². The van der Waals surface area contributed by atoms with Crippen LogP contribution in [0.5, 0.6) is 0 Å². The molecule has 0 spiro atoms. The lowest BCUT2D eigenvalue weighted by molar-refractivity contribution is -0.129. The van der Waals surface area contributed by atoms with Gasteiger partial charge in [-0.1, -0.05) is 11.8 Å². The summed E-state index contributed by atoms with van der Waals surface area (Å²) in [4.78, 5) is 36.4. The van der Waals surface area contributed by atoms with Gasteiger partial charge in [-0.05, 0) is 31.2 Å². The van der Waals surface area contributed by atoms with Crippen molar-refractivity contribution < 1.29 is 18.7 Å². The predicted molar refractivity (Wildman–Crippen MR) is 113 cm³/mol. The smallest absolute Gasteiger partial charge is 0.409 e. The van der Waals surface area contributed by atoms with Crippen molar-refractivity contribution in [1.82, 2.24) is 29.5 Å². The summed E-state index contributed by atoms with van der Waals surface area (Å²) in [7, 11) is 0. The van der Waals surface area contributed by atoms with Gasteiger partial charge in [0.05, 0.1) is 29.6 Å². The van der Waals surface area contributed by atoms with E-state index in [-0.39, 0.29) is 23.6 Å². The van der Waals surface area contributed by atoms with Crippen LogP contribution in [0.2, 0.25) is 0 Å². The third-order valence-corrected chi connectivity index (χ3v) is 5.88. The lowest BCUT2D eigenvalue weighted by Crippen LogP contribution is -2.51. The number of piperazine rings is 1. The van der Waals surface area contributed by atoms with E-state index >= 15 is 0 Å². The summed E-state index contributed by atoms with van der Waals surface area (Å²) < 4.78 is 19.8. The van der Waals surface area contributed by atoms with Crippen LogP contribution in [0.15, 0.2) is 41.8 Å². The fourth-order valence-electron chi connectivity index (χ4n) is 3.28. The standard InChI is InChI=1S/C20H21FN6O3S/c1-2-30-20(29)26-9-7-25(8-10-26)17(28)12-31-19-16-11-24-27(18(16)22-13-23-19)15-5-3-14(21)4-6-15/h3-6,11,13H,2,7-10,12H2,1H3. The normalized spacial score (nSPS) is 14.1. The topological polar surface area (TPSA) is 93.4 Å². The van der Waals surface area contributed by atoms with Crippen molar-refractivity contribution in [2.75, 3.05) is 38.5 Å². The van der Waals surface area contributed by atoms with Gasteiger partial charge in [0.2, 0.25) is 5.91 Å². The highest BCUT2D eigenvalue weighted by molar-refractivity contribution is 8.00. The molecule has 1 aromatic carbocycles. The van der Waals surface area contributed by atoms with Gasteiger partial charge in [0.1, 0.15) is 17.2 Å². The fourth-order valence-corrected chi connectivity index (χ4v) is 4.15. The summed E-state index contributed by atoms with van der Waals surface area (Å²) in [5.74, 6) is -0.133. The molecule has 0 bridgehead atoms. The Hall–Kier alpha value is -3.21. The zero-order valence-corrected chi connectivity index (χ0v) is 17.7. The predicted octanol–water partition coefficient (Wildman–Crippen LogP) is 2.35. The molecular weight excluding hydrogens is 423 g/mol. The molecule has 1 aliphatic rings. The Morgan fingerprint density at radius 3 is 2.52 bits per heavy atom. The van der Waals surface area contributed by atoms with Crippen LogP contribution in [0.4, 0.5) is 9.18 Å². The average molecular weight is 444 g/mol. The molecule has 1 fully saturated rings. The molecule has 3 heterocycles. The number of ether oxygens (including phenoxy) is 1. The largest absolute Gasteiger partial charge is 0.450 e. The van der Waals surface area contributed by atoms with Crippen molar-refractivity contribution in [3.63, 3.8) is 0 Å². The number of thioether (sulfide) groups is 1. The third-order valence-electron chi connectivity index (χ3n) is 4.89. The quantitative estimate of drug-likeness (QED) is 0.440. The highest BCUT2D eigenvalue weighted by Crippen LogP contribution is 2.26. The van der Waals surface area contributed by atoms with Crippen molar-refractivity contribution in [3.05, 3.63) is 42.6 Å². The number of carbonyl (C=O) groups is 2. The van der Waals surface area contributed by atoms with Crippen LogP contribution in [-0.4, -0.2) is 80.1 Å². The molecule has 162 valence electrons. The van der Waals surface area contributed by atoms with E-state index in [9.17, 15) is 14.0 Å². The van der Waals surface area contributed by atoms with Gasteiger partial charge in [-0.15, -0.1) is 0 Å². The first-order valence-electron chi connectivity index (χ1n) is 9.83. The molecule has 3 aromatic rings. The first kappa shape index (κ1) is 21.0. The van der Waals surface area contributed by atoms with Crippen LogP contribution in [0.25, 0.3) is 16.7 Å². The van der Waals surface area contributed by atoms with E-state index in [1.165, 1.54) is 30.2 Å². The molecule has 2 aromatic heterocycles. The molecule has 1 aliphatic heterocycles. The summed E-state index contributed by atoms with van der Waals surface area (Å²) in [5.41, 5.74) is 1.27. The first-order chi connectivity index (χ1) is 15.1. The van der Waals surface area contributed by atoms with Gasteiger partial charge in [0.25, 0.3) is 0 Å². The van der Waals surface area contributed by atoms with Crippen molar-refractivity contribution in [2.24, 2.45) is 0 Å². The van der Waals surface area contributed by atoms with Crippen LogP contribution in [0, 0.1) is 5.82 Å². The Morgan fingerprint density at radius 1 is 1.10 bits per heavy atom. The number of benzene rings is 1. The maximum atomic E-state index is 13.2. The van der Waals surface area contributed by atoms with Gasteiger partial charge < -0.3 is 14.5 Å². The highest BCUT2D eigenvalue weighted by Gasteiger charge is 2.25. The van der Waals surface area contributed by atoms with Gasteiger partial charge in [0.15, 0.2) is 5.65 Å². The zero-order chi connectivity index (χ0) is 21.8. The fraction of sp³-hybridized carbons (Fsp3) is 0.350. The zero-order valence-electron chi connectivity index (χ0n) is 16.9. The average Bonchev–Trinajstić information content (AvgIpc) is 3.23. The third kappa shape index (κ3) is 4.61.